The fraction of sp³-hybridized carbons (Fsp3) is 0.267. The Labute approximate surface area is 112 Å². The number of hydrogen-bond donors (Lipinski definition) is 0. The van der Waals surface area contributed by atoms with Crippen molar-refractivity contribution in [3.8, 4) is 6.07 Å². The molecule has 1 aromatic rings. The lowest BCUT2D eigenvalue weighted by molar-refractivity contribution is 0.279. The topological polar surface area (TPSA) is 49.7 Å². The Morgan fingerprint density at radius 2 is 2.16 bits per heavy atom. The zero-order valence-corrected chi connectivity index (χ0v) is 10.8. The van der Waals surface area contributed by atoms with Crippen LogP contribution in [0.5, 0.6) is 0 Å². The minimum Gasteiger partial charge on any atom is -0.484 e. The second-order valence-electron chi connectivity index (χ2n) is 4.89. The van der Waals surface area contributed by atoms with Gasteiger partial charge in [-0.15, -0.1) is 0 Å². The van der Waals surface area contributed by atoms with Crippen LogP contribution in [0.2, 0.25) is 0 Å². The van der Waals surface area contributed by atoms with Crippen molar-refractivity contribution >= 4 is 12.0 Å². The average molecular weight is 251 g/mol. The molecule has 19 heavy (non-hydrogen) atoms. The Bertz CT molecular complexity index is 625. The van der Waals surface area contributed by atoms with Crippen LogP contribution in [0.4, 0.5) is 0 Å². The van der Waals surface area contributed by atoms with E-state index in [0.29, 0.717) is 23.8 Å². The lowest BCUT2D eigenvalue weighted by atomic mass is 10.1. The maximum absolute atomic E-state index is 8.73. The van der Waals surface area contributed by atoms with Gasteiger partial charge in [0, 0.05) is 0 Å². The summed E-state index contributed by atoms with van der Waals surface area (Å²) in [5.74, 6) is 0.393. The van der Waals surface area contributed by atoms with E-state index < -0.39 is 0 Å². The third-order valence-electron chi connectivity index (χ3n) is 2.65. The molecule has 0 N–H and O–H groups in total. The summed E-state index contributed by atoms with van der Waals surface area (Å²) in [4.78, 5) is 7.85. The molecule has 0 saturated heterocycles. The Morgan fingerprint density at radius 3 is 2.63 bits per heavy atom. The Hall–Kier alpha value is -2.59. The number of aliphatic imine (C=N–C) groups is 1. The van der Waals surface area contributed by atoms with Gasteiger partial charge in [-0.25, -0.2) is 4.85 Å². The molecule has 0 fully saturated rings. The smallest absolute Gasteiger partial charge is 0.247 e. The van der Waals surface area contributed by atoms with Crippen LogP contribution >= 0.6 is 0 Å². The van der Waals surface area contributed by atoms with E-state index >= 15 is 0 Å². The molecule has 4 heteroatoms. The molecule has 0 bridgehead atoms. The van der Waals surface area contributed by atoms with E-state index in [2.05, 4.69) is 15.9 Å². The van der Waals surface area contributed by atoms with Crippen LogP contribution in [0, 0.1) is 17.9 Å². The minimum atomic E-state index is -0.274. The van der Waals surface area contributed by atoms with Crippen LogP contribution < -0.4 is 0 Å². The molecule has 0 aromatic heterocycles. The van der Waals surface area contributed by atoms with Crippen LogP contribution in [-0.4, -0.2) is 18.0 Å². The summed E-state index contributed by atoms with van der Waals surface area (Å²) in [7, 11) is 0. The summed E-state index contributed by atoms with van der Waals surface area (Å²) in [5.41, 5.74) is 1.55. The standard InChI is InChI=1S/C15H13N3O/c1-15(2)10-19-14(18-15)13(17-3)8-11-4-6-12(9-16)7-5-11/h4-8H,10H2,1-2H3. The van der Waals surface area contributed by atoms with Crippen molar-refractivity contribution in [3.05, 3.63) is 52.5 Å². The fourth-order valence-corrected chi connectivity index (χ4v) is 1.67. The van der Waals surface area contributed by atoms with Crippen molar-refractivity contribution in [2.45, 2.75) is 19.4 Å². The molecular formula is C15H13N3O. The third kappa shape index (κ3) is 3.00. The maximum atomic E-state index is 8.73. The number of rotatable bonds is 2. The normalized spacial score (nSPS) is 17.1. The number of nitrogens with zero attached hydrogens (tertiary/aromatic N) is 3. The average Bonchev–Trinajstić information content (AvgIpc) is 2.77. The van der Waals surface area contributed by atoms with Crippen LogP contribution in [0.1, 0.15) is 25.0 Å². The quantitative estimate of drug-likeness (QED) is 0.758. The summed E-state index contributed by atoms with van der Waals surface area (Å²) in [6.45, 7) is 11.6. The summed E-state index contributed by atoms with van der Waals surface area (Å²) in [5, 5.41) is 8.73. The van der Waals surface area contributed by atoms with Gasteiger partial charge in [-0.1, -0.05) is 12.1 Å². The molecule has 4 nitrogen and oxygen atoms in total. The lowest BCUT2D eigenvalue weighted by Gasteiger charge is -2.08. The van der Waals surface area contributed by atoms with Crippen LogP contribution in [0.25, 0.3) is 10.9 Å². The second kappa shape index (κ2) is 4.96. The van der Waals surface area contributed by atoms with Gasteiger partial charge in [0.05, 0.1) is 23.7 Å². The minimum absolute atomic E-state index is 0.274. The summed E-state index contributed by atoms with van der Waals surface area (Å²) >= 11 is 0. The first-order chi connectivity index (χ1) is 9.04. The van der Waals surface area contributed by atoms with Crippen molar-refractivity contribution in [3.63, 3.8) is 0 Å². The van der Waals surface area contributed by atoms with Crippen LogP contribution in [0.15, 0.2) is 35.0 Å². The number of hydrogen-bond acceptors (Lipinski definition) is 3. The van der Waals surface area contributed by atoms with Gasteiger partial charge < -0.3 is 4.74 Å². The highest BCUT2D eigenvalue weighted by Crippen LogP contribution is 2.22. The first kappa shape index (κ1) is 12.9. The van der Waals surface area contributed by atoms with E-state index in [0.717, 1.165) is 5.56 Å². The Kier molecular flexibility index (Phi) is 3.35. The highest BCUT2D eigenvalue weighted by atomic mass is 16.5. The molecule has 0 aliphatic carbocycles. The highest BCUT2D eigenvalue weighted by molar-refractivity contribution is 6.00. The lowest BCUT2D eigenvalue weighted by Crippen LogP contribution is -2.17. The molecule has 0 atom stereocenters. The predicted octanol–water partition coefficient (Wildman–Crippen LogP) is 3.03. The fourth-order valence-electron chi connectivity index (χ4n) is 1.67. The molecule has 1 aliphatic rings. The Balaban J connectivity index is 2.30. The monoisotopic (exact) mass is 251 g/mol. The van der Waals surface area contributed by atoms with E-state index in [-0.39, 0.29) is 5.54 Å². The summed E-state index contributed by atoms with van der Waals surface area (Å²) < 4.78 is 5.45. The van der Waals surface area contributed by atoms with Gasteiger partial charge >= 0.3 is 0 Å². The number of nitriles is 1. The molecule has 94 valence electrons. The van der Waals surface area contributed by atoms with E-state index in [1.807, 2.05) is 13.8 Å². The van der Waals surface area contributed by atoms with Gasteiger partial charge in [0.2, 0.25) is 11.6 Å². The highest BCUT2D eigenvalue weighted by Gasteiger charge is 2.28. The molecule has 0 unspecified atom stereocenters. The van der Waals surface area contributed by atoms with Gasteiger partial charge in [0.1, 0.15) is 6.61 Å². The number of ether oxygens (including phenoxy) is 1. The van der Waals surface area contributed by atoms with Crippen molar-refractivity contribution in [1.82, 2.24) is 0 Å². The first-order valence-electron chi connectivity index (χ1n) is 5.86. The number of benzene rings is 1. The zero-order chi connectivity index (χ0) is 13.9. The molecule has 0 saturated carbocycles. The van der Waals surface area contributed by atoms with Crippen LogP contribution in [-0.2, 0) is 4.74 Å². The molecule has 0 spiro atoms. The SMILES string of the molecule is [C-]#[N+]C(=Cc1ccc(C#N)cc1)C1=NC(C)(C)CO1. The van der Waals surface area contributed by atoms with Crippen molar-refractivity contribution in [1.29, 1.82) is 5.26 Å². The molecular weight excluding hydrogens is 238 g/mol. The second-order valence-corrected chi connectivity index (χ2v) is 4.89. The van der Waals surface area contributed by atoms with Crippen molar-refractivity contribution in [2.24, 2.45) is 4.99 Å². The van der Waals surface area contributed by atoms with Crippen molar-refractivity contribution < 1.29 is 4.74 Å². The first-order valence-corrected chi connectivity index (χ1v) is 5.86. The summed E-state index contributed by atoms with van der Waals surface area (Å²) in [6.07, 6.45) is 1.72. The molecule has 1 aliphatic heterocycles. The van der Waals surface area contributed by atoms with E-state index in [1.54, 1.807) is 30.3 Å². The zero-order valence-electron chi connectivity index (χ0n) is 10.8. The van der Waals surface area contributed by atoms with Crippen molar-refractivity contribution in [2.75, 3.05) is 6.61 Å². The molecule has 1 aromatic carbocycles. The van der Waals surface area contributed by atoms with E-state index in [9.17, 15) is 0 Å². The van der Waals surface area contributed by atoms with Gasteiger partial charge in [0.25, 0.3) is 0 Å². The van der Waals surface area contributed by atoms with Gasteiger partial charge in [-0.2, -0.15) is 5.26 Å². The molecule has 2 rings (SSSR count). The van der Waals surface area contributed by atoms with Gasteiger partial charge in [-0.05, 0) is 37.6 Å². The van der Waals surface area contributed by atoms with Crippen LogP contribution in [0.3, 0.4) is 0 Å². The largest absolute Gasteiger partial charge is 0.484 e. The van der Waals surface area contributed by atoms with Gasteiger partial charge in [-0.3, -0.25) is 4.99 Å². The molecule has 0 radical (unpaired) electrons. The third-order valence-corrected chi connectivity index (χ3v) is 2.65. The molecule has 0 amide bonds. The Morgan fingerprint density at radius 1 is 1.47 bits per heavy atom. The molecule has 1 heterocycles. The van der Waals surface area contributed by atoms with Gasteiger partial charge in [0.15, 0.2) is 0 Å². The van der Waals surface area contributed by atoms with E-state index in [4.69, 9.17) is 16.6 Å². The van der Waals surface area contributed by atoms with E-state index in [1.165, 1.54) is 0 Å². The summed E-state index contributed by atoms with van der Waals surface area (Å²) in [6, 6.07) is 9.08. The predicted molar refractivity (Wildman–Crippen MR) is 73.2 cm³/mol. The maximum Gasteiger partial charge on any atom is 0.247 e.